The number of piperazine rings is 1. The van der Waals surface area contributed by atoms with Gasteiger partial charge in [-0.2, -0.15) is 13.2 Å². The van der Waals surface area contributed by atoms with Crippen LogP contribution in [-0.4, -0.2) is 37.6 Å². The first-order valence-corrected chi connectivity index (χ1v) is 5.94. The Kier molecular flexibility index (Phi) is 3.80. The van der Waals surface area contributed by atoms with Gasteiger partial charge in [0, 0.05) is 31.9 Å². The lowest BCUT2D eigenvalue weighted by molar-refractivity contribution is -0.137. The number of anilines is 1. The number of hydrogen-bond acceptors (Lipinski definition) is 2. The Balaban J connectivity index is 2.02. The van der Waals surface area contributed by atoms with Gasteiger partial charge in [-0.1, -0.05) is 0 Å². The molecule has 1 saturated heterocycles. The van der Waals surface area contributed by atoms with Gasteiger partial charge >= 0.3 is 6.18 Å². The molecule has 1 aliphatic heterocycles. The van der Waals surface area contributed by atoms with Gasteiger partial charge in [0.1, 0.15) is 0 Å². The Morgan fingerprint density at radius 1 is 1.00 bits per heavy atom. The third kappa shape index (κ3) is 2.96. The zero-order valence-electron chi connectivity index (χ0n) is 10.1. The lowest BCUT2D eigenvalue weighted by Gasteiger charge is -2.35. The van der Waals surface area contributed by atoms with Crippen LogP contribution in [0.4, 0.5) is 18.9 Å². The topological polar surface area (TPSA) is 6.48 Å². The first-order chi connectivity index (χ1) is 8.50. The van der Waals surface area contributed by atoms with Crippen LogP contribution in [-0.2, 0) is 6.18 Å². The van der Waals surface area contributed by atoms with Gasteiger partial charge in [-0.05, 0) is 37.7 Å². The normalized spacial score (nSPS) is 18.1. The van der Waals surface area contributed by atoms with Gasteiger partial charge in [-0.3, -0.25) is 4.90 Å². The number of hydrogen-bond donors (Lipinski definition) is 0. The highest BCUT2D eigenvalue weighted by atomic mass is 19.4. The first-order valence-electron chi connectivity index (χ1n) is 5.94. The van der Waals surface area contributed by atoms with E-state index in [9.17, 15) is 13.2 Å². The second-order valence-electron chi connectivity index (χ2n) is 4.37. The number of rotatable bonds is 2. The summed E-state index contributed by atoms with van der Waals surface area (Å²) in [6.45, 7) is 8.09. The molecule has 0 saturated carbocycles. The number of benzene rings is 1. The minimum absolute atomic E-state index is 0.595. The second-order valence-corrected chi connectivity index (χ2v) is 4.37. The average molecular weight is 257 g/mol. The highest BCUT2D eigenvalue weighted by Crippen LogP contribution is 2.30. The fraction of sp³-hybridized carbons (Fsp3) is 0.462. The van der Waals surface area contributed by atoms with Gasteiger partial charge in [-0.25, -0.2) is 0 Å². The molecule has 0 unspecified atom stereocenters. The maximum Gasteiger partial charge on any atom is 0.416 e. The maximum absolute atomic E-state index is 12.4. The fourth-order valence-electron chi connectivity index (χ4n) is 2.09. The average Bonchev–Trinajstić information content (AvgIpc) is 2.38. The van der Waals surface area contributed by atoms with E-state index in [0.29, 0.717) is 0 Å². The van der Waals surface area contributed by atoms with Crippen molar-refractivity contribution in [1.29, 1.82) is 0 Å². The summed E-state index contributed by atoms with van der Waals surface area (Å²) in [4.78, 5) is 4.33. The van der Waals surface area contributed by atoms with E-state index < -0.39 is 11.7 Å². The lowest BCUT2D eigenvalue weighted by atomic mass is 10.1. The first kappa shape index (κ1) is 13.2. The molecule has 0 atom stereocenters. The van der Waals surface area contributed by atoms with Crippen LogP contribution in [0.15, 0.2) is 24.3 Å². The summed E-state index contributed by atoms with van der Waals surface area (Å²) in [7, 11) is 0. The lowest BCUT2D eigenvalue weighted by Crippen LogP contribution is -2.46. The van der Waals surface area contributed by atoms with E-state index >= 15 is 0 Å². The Morgan fingerprint density at radius 3 is 2.00 bits per heavy atom. The van der Waals surface area contributed by atoms with Crippen LogP contribution in [0.2, 0.25) is 0 Å². The molecule has 0 spiro atoms. The molecule has 0 aliphatic carbocycles. The van der Waals surface area contributed by atoms with Gasteiger partial charge in [0.2, 0.25) is 0 Å². The van der Waals surface area contributed by atoms with Crippen LogP contribution in [0.1, 0.15) is 5.56 Å². The molecule has 99 valence electrons. The van der Waals surface area contributed by atoms with Crippen molar-refractivity contribution in [2.45, 2.75) is 6.18 Å². The van der Waals surface area contributed by atoms with E-state index in [0.717, 1.165) is 50.5 Å². The molecule has 5 heteroatoms. The largest absolute Gasteiger partial charge is 0.416 e. The molecule has 2 rings (SSSR count). The Bertz CT molecular complexity index is 378. The highest BCUT2D eigenvalue weighted by Gasteiger charge is 2.30. The molecular weight excluding hydrogens is 241 g/mol. The molecule has 1 heterocycles. The van der Waals surface area contributed by atoms with Crippen molar-refractivity contribution in [2.24, 2.45) is 0 Å². The van der Waals surface area contributed by atoms with E-state index in [4.69, 9.17) is 0 Å². The molecule has 1 aliphatic rings. The van der Waals surface area contributed by atoms with Gasteiger partial charge in [0.05, 0.1) is 5.56 Å². The highest BCUT2D eigenvalue weighted by molar-refractivity contribution is 5.48. The van der Waals surface area contributed by atoms with Crippen LogP contribution in [0.3, 0.4) is 0 Å². The van der Waals surface area contributed by atoms with Crippen molar-refractivity contribution in [3.8, 4) is 0 Å². The van der Waals surface area contributed by atoms with Crippen molar-refractivity contribution >= 4 is 5.69 Å². The summed E-state index contributed by atoms with van der Waals surface area (Å²) in [5, 5.41) is 0. The van der Waals surface area contributed by atoms with Crippen LogP contribution >= 0.6 is 0 Å². The third-order valence-corrected chi connectivity index (χ3v) is 3.25. The van der Waals surface area contributed by atoms with Crippen LogP contribution in [0, 0.1) is 6.92 Å². The van der Waals surface area contributed by atoms with Crippen molar-refractivity contribution in [1.82, 2.24) is 4.90 Å². The van der Waals surface area contributed by atoms with Crippen molar-refractivity contribution in [3.05, 3.63) is 36.8 Å². The van der Waals surface area contributed by atoms with E-state index in [1.165, 1.54) is 0 Å². The van der Waals surface area contributed by atoms with Crippen molar-refractivity contribution in [3.63, 3.8) is 0 Å². The monoisotopic (exact) mass is 257 g/mol. The van der Waals surface area contributed by atoms with Crippen LogP contribution in [0.5, 0.6) is 0 Å². The molecule has 18 heavy (non-hydrogen) atoms. The SMILES string of the molecule is [CH2]CN1CCN(c2ccc(C(F)(F)F)cc2)CC1. The maximum atomic E-state index is 12.4. The zero-order chi connectivity index (χ0) is 13.2. The predicted molar refractivity (Wildman–Crippen MR) is 65.5 cm³/mol. The molecule has 1 radical (unpaired) electrons. The van der Waals surface area contributed by atoms with Gasteiger partial charge in [0.25, 0.3) is 0 Å². The van der Waals surface area contributed by atoms with Gasteiger partial charge in [0.15, 0.2) is 0 Å². The Hall–Kier alpha value is -1.23. The molecule has 1 fully saturated rings. The summed E-state index contributed by atoms with van der Waals surface area (Å²) in [5.74, 6) is 0. The van der Waals surface area contributed by atoms with Crippen molar-refractivity contribution < 1.29 is 13.2 Å². The van der Waals surface area contributed by atoms with Gasteiger partial charge < -0.3 is 4.90 Å². The van der Waals surface area contributed by atoms with E-state index in [2.05, 4.69) is 16.7 Å². The van der Waals surface area contributed by atoms with E-state index in [1.54, 1.807) is 12.1 Å². The molecule has 0 aromatic heterocycles. The van der Waals surface area contributed by atoms with Gasteiger partial charge in [-0.15, -0.1) is 0 Å². The van der Waals surface area contributed by atoms with Crippen LogP contribution in [0.25, 0.3) is 0 Å². The second kappa shape index (κ2) is 5.18. The molecule has 2 nitrogen and oxygen atoms in total. The van der Waals surface area contributed by atoms with Crippen LogP contribution < -0.4 is 4.90 Å². The summed E-state index contributed by atoms with van der Waals surface area (Å²) in [6.07, 6.45) is -4.26. The number of halogens is 3. The summed E-state index contributed by atoms with van der Waals surface area (Å²) in [6, 6.07) is 5.37. The fourth-order valence-corrected chi connectivity index (χ4v) is 2.09. The van der Waals surface area contributed by atoms with Crippen molar-refractivity contribution in [2.75, 3.05) is 37.6 Å². The molecule has 1 aromatic rings. The smallest absolute Gasteiger partial charge is 0.369 e. The van der Waals surface area contributed by atoms with E-state index in [-0.39, 0.29) is 0 Å². The Morgan fingerprint density at radius 2 is 1.56 bits per heavy atom. The summed E-state index contributed by atoms with van der Waals surface area (Å²) >= 11 is 0. The minimum Gasteiger partial charge on any atom is -0.369 e. The molecule has 1 aromatic carbocycles. The standard InChI is InChI=1S/C13H16F3N2/c1-2-17-7-9-18(10-8-17)12-5-3-11(4-6-12)13(14,15)16/h3-6H,1-2,7-10H2. The molecular formula is C13H16F3N2. The molecule has 0 N–H and O–H groups in total. The summed E-state index contributed by atoms with van der Waals surface area (Å²) < 4.78 is 37.3. The van der Waals surface area contributed by atoms with E-state index in [1.807, 2.05) is 0 Å². The molecule has 0 bridgehead atoms. The summed E-state index contributed by atoms with van der Waals surface area (Å²) in [5.41, 5.74) is 0.259. The minimum atomic E-state index is -4.26. The third-order valence-electron chi connectivity index (χ3n) is 3.25. The number of alkyl halides is 3. The molecule has 0 amide bonds. The number of nitrogens with zero attached hydrogens (tertiary/aromatic N) is 2. The Labute approximate surface area is 105 Å². The zero-order valence-corrected chi connectivity index (χ0v) is 10.1. The predicted octanol–water partition coefficient (Wildman–Crippen LogP) is 2.66. The quantitative estimate of drug-likeness (QED) is 0.803.